The number of aromatic nitrogens is 1. The van der Waals surface area contributed by atoms with Gasteiger partial charge in [0.05, 0.1) is 5.56 Å². The van der Waals surface area contributed by atoms with Crippen molar-refractivity contribution < 1.29 is 4.52 Å². The lowest BCUT2D eigenvalue weighted by molar-refractivity contribution is 0.389. The van der Waals surface area contributed by atoms with Gasteiger partial charge in [0, 0.05) is 23.7 Å². The van der Waals surface area contributed by atoms with Crippen molar-refractivity contribution in [2.24, 2.45) is 0 Å². The van der Waals surface area contributed by atoms with Crippen molar-refractivity contribution in [3.05, 3.63) is 77.7 Å². The van der Waals surface area contributed by atoms with E-state index >= 15 is 0 Å². The summed E-state index contributed by atoms with van der Waals surface area (Å²) in [5.74, 6) is 0.844. The first-order valence-electron chi connectivity index (χ1n) is 10.1. The molecule has 0 aliphatic rings. The Morgan fingerprint density at radius 1 is 0.929 bits per heavy atom. The van der Waals surface area contributed by atoms with Gasteiger partial charge in [0.25, 0.3) is 0 Å². The summed E-state index contributed by atoms with van der Waals surface area (Å²) < 4.78 is 5.82. The molecule has 2 aromatic carbocycles. The van der Waals surface area contributed by atoms with Gasteiger partial charge in [0.2, 0.25) is 0 Å². The van der Waals surface area contributed by atoms with Crippen LogP contribution in [0.4, 0.5) is 0 Å². The Morgan fingerprint density at radius 2 is 1.46 bits per heavy atom. The van der Waals surface area contributed by atoms with Crippen LogP contribution in [0.5, 0.6) is 0 Å². The molecule has 3 nitrogen and oxygen atoms in total. The third-order valence-corrected chi connectivity index (χ3v) is 4.92. The number of benzene rings is 2. The molecule has 0 bridgehead atoms. The van der Waals surface area contributed by atoms with Gasteiger partial charge in [0.1, 0.15) is 5.69 Å². The van der Waals surface area contributed by atoms with Crippen LogP contribution < -0.4 is 5.32 Å². The number of nitrogens with zero attached hydrogens (tertiary/aromatic N) is 1. The highest BCUT2D eigenvalue weighted by Crippen LogP contribution is 2.35. The molecule has 1 aromatic heterocycles. The largest absolute Gasteiger partial charge is 0.386 e. The number of allylic oxidation sites excluding steroid dienone is 1. The predicted octanol–water partition coefficient (Wildman–Crippen LogP) is 6.19. The van der Waals surface area contributed by atoms with Gasteiger partial charge in [-0.3, -0.25) is 0 Å². The normalized spacial score (nSPS) is 11.0. The minimum absolute atomic E-state index is 0.337. The van der Waals surface area contributed by atoms with Crippen molar-refractivity contribution in [1.82, 2.24) is 10.5 Å². The molecule has 3 heteroatoms. The molecule has 0 aliphatic heterocycles. The van der Waals surface area contributed by atoms with Crippen molar-refractivity contribution in [1.29, 1.82) is 0 Å². The summed E-state index contributed by atoms with van der Waals surface area (Å²) in [5.41, 5.74) is 7.71. The molecule has 3 aromatic rings. The van der Waals surface area contributed by atoms with Crippen molar-refractivity contribution in [3.8, 4) is 22.4 Å². The Hall–Kier alpha value is -2.81. The quantitative estimate of drug-likeness (QED) is 0.511. The standard InChI is InChI=1S/C25H30N2O/c1-6-19-8-12-21(13-9-19)24-23(16-18(5)26-17(3)4)28-27-25(24)22-14-10-20(7-2)11-15-22/h8-15,17,26H,5-7,16H2,1-4H3. The van der Waals surface area contributed by atoms with E-state index < -0.39 is 0 Å². The van der Waals surface area contributed by atoms with Crippen LogP contribution in [0.1, 0.15) is 44.6 Å². The summed E-state index contributed by atoms with van der Waals surface area (Å²) >= 11 is 0. The molecule has 0 atom stereocenters. The van der Waals surface area contributed by atoms with E-state index in [2.05, 4.69) is 93.3 Å². The fourth-order valence-corrected chi connectivity index (χ4v) is 3.40. The van der Waals surface area contributed by atoms with Crippen LogP contribution in [0, 0.1) is 0 Å². The molecule has 0 unspecified atom stereocenters. The summed E-state index contributed by atoms with van der Waals surface area (Å²) in [4.78, 5) is 0. The van der Waals surface area contributed by atoms with Crippen LogP contribution >= 0.6 is 0 Å². The maximum absolute atomic E-state index is 5.82. The SMILES string of the molecule is C=C(Cc1onc(-c2ccc(CC)cc2)c1-c1ccc(CC)cc1)NC(C)C. The molecule has 1 heterocycles. The van der Waals surface area contributed by atoms with Crippen LogP contribution in [0.25, 0.3) is 22.4 Å². The second-order valence-electron chi connectivity index (χ2n) is 7.51. The summed E-state index contributed by atoms with van der Waals surface area (Å²) in [7, 11) is 0. The van der Waals surface area contributed by atoms with Crippen LogP contribution in [0.15, 0.2) is 65.3 Å². The molecule has 0 radical (unpaired) electrons. The van der Waals surface area contributed by atoms with Crippen molar-refractivity contribution in [3.63, 3.8) is 0 Å². The summed E-state index contributed by atoms with van der Waals surface area (Å²) in [6, 6.07) is 17.6. The average Bonchev–Trinajstić information content (AvgIpc) is 3.10. The van der Waals surface area contributed by atoms with Gasteiger partial charge >= 0.3 is 0 Å². The minimum Gasteiger partial charge on any atom is -0.386 e. The van der Waals surface area contributed by atoms with Gasteiger partial charge in [-0.25, -0.2) is 0 Å². The Kier molecular flexibility index (Phi) is 6.35. The van der Waals surface area contributed by atoms with E-state index in [-0.39, 0.29) is 0 Å². The first-order valence-corrected chi connectivity index (χ1v) is 10.1. The zero-order valence-corrected chi connectivity index (χ0v) is 17.4. The third kappa shape index (κ3) is 4.53. The maximum Gasteiger partial charge on any atom is 0.151 e. The van der Waals surface area contributed by atoms with E-state index in [0.717, 1.165) is 46.7 Å². The topological polar surface area (TPSA) is 38.1 Å². The fourth-order valence-electron chi connectivity index (χ4n) is 3.40. The zero-order valence-electron chi connectivity index (χ0n) is 17.4. The smallest absolute Gasteiger partial charge is 0.151 e. The lowest BCUT2D eigenvalue weighted by atomic mass is 9.96. The number of nitrogens with one attached hydrogen (secondary N) is 1. The molecule has 3 rings (SSSR count). The number of hydrogen-bond donors (Lipinski definition) is 1. The molecule has 146 valence electrons. The third-order valence-electron chi connectivity index (χ3n) is 4.92. The predicted molar refractivity (Wildman–Crippen MR) is 117 cm³/mol. The summed E-state index contributed by atoms with van der Waals surface area (Å²) in [6.07, 6.45) is 2.66. The van der Waals surface area contributed by atoms with Gasteiger partial charge < -0.3 is 9.84 Å². The van der Waals surface area contributed by atoms with E-state index in [0.29, 0.717) is 12.5 Å². The van der Waals surface area contributed by atoms with E-state index in [4.69, 9.17) is 4.52 Å². The van der Waals surface area contributed by atoms with Crippen LogP contribution in [0.3, 0.4) is 0 Å². The second kappa shape index (κ2) is 8.92. The van der Waals surface area contributed by atoms with Crippen LogP contribution in [-0.4, -0.2) is 11.2 Å². The number of hydrogen-bond acceptors (Lipinski definition) is 3. The lowest BCUT2D eigenvalue weighted by Crippen LogP contribution is -2.22. The van der Waals surface area contributed by atoms with Crippen molar-refractivity contribution in [2.45, 2.75) is 53.0 Å². The van der Waals surface area contributed by atoms with E-state index in [9.17, 15) is 0 Å². The number of aryl methyl sites for hydroxylation is 2. The van der Waals surface area contributed by atoms with Gasteiger partial charge in [-0.2, -0.15) is 0 Å². The molecule has 0 amide bonds. The van der Waals surface area contributed by atoms with E-state index in [1.54, 1.807) is 0 Å². The van der Waals surface area contributed by atoms with Gasteiger partial charge in [0.15, 0.2) is 5.76 Å². The summed E-state index contributed by atoms with van der Waals surface area (Å²) in [5, 5.41) is 7.82. The monoisotopic (exact) mass is 374 g/mol. The molecular weight excluding hydrogens is 344 g/mol. The van der Waals surface area contributed by atoms with E-state index in [1.807, 2.05) is 0 Å². The van der Waals surface area contributed by atoms with Crippen LogP contribution in [0.2, 0.25) is 0 Å². The molecule has 0 saturated heterocycles. The van der Waals surface area contributed by atoms with Crippen molar-refractivity contribution in [2.75, 3.05) is 0 Å². The Bertz CT molecular complexity index is 918. The zero-order chi connectivity index (χ0) is 20.1. The van der Waals surface area contributed by atoms with Gasteiger partial charge in [-0.15, -0.1) is 0 Å². The van der Waals surface area contributed by atoms with E-state index in [1.165, 1.54) is 11.1 Å². The molecule has 28 heavy (non-hydrogen) atoms. The first kappa shape index (κ1) is 19.9. The Balaban J connectivity index is 2.04. The minimum atomic E-state index is 0.337. The first-order chi connectivity index (χ1) is 13.5. The molecule has 0 fully saturated rings. The average molecular weight is 375 g/mol. The maximum atomic E-state index is 5.82. The highest BCUT2D eigenvalue weighted by molar-refractivity contribution is 5.82. The summed E-state index contributed by atoms with van der Waals surface area (Å²) in [6.45, 7) is 12.7. The highest BCUT2D eigenvalue weighted by Gasteiger charge is 2.20. The second-order valence-corrected chi connectivity index (χ2v) is 7.51. The molecule has 0 saturated carbocycles. The van der Waals surface area contributed by atoms with Crippen LogP contribution in [-0.2, 0) is 19.3 Å². The number of rotatable bonds is 8. The van der Waals surface area contributed by atoms with Gasteiger partial charge in [-0.1, -0.05) is 74.1 Å². The molecule has 1 N–H and O–H groups in total. The fraction of sp³-hybridized carbons (Fsp3) is 0.320. The molecule has 0 spiro atoms. The Labute approximate surface area is 168 Å². The molecular formula is C25H30N2O. The lowest BCUT2D eigenvalue weighted by Gasteiger charge is -2.12. The highest BCUT2D eigenvalue weighted by atomic mass is 16.5. The van der Waals surface area contributed by atoms with Gasteiger partial charge in [-0.05, 0) is 43.4 Å². The van der Waals surface area contributed by atoms with Crippen molar-refractivity contribution >= 4 is 0 Å². The Morgan fingerprint density at radius 3 is 1.96 bits per heavy atom. The molecule has 0 aliphatic carbocycles.